The maximum atomic E-state index is 9.49. The minimum atomic E-state index is -0.0860. The van der Waals surface area contributed by atoms with Crippen LogP contribution in [-0.2, 0) is 0 Å². The van der Waals surface area contributed by atoms with Crippen LogP contribution in [0.15, 0.2) is 0 Å². The highest BCUT2D eigenvalue weighted by Crippen LogP contribution is 2.18. The number of aliphatic hydroxyl groups excluding tert-OH is 1. The molecule has 2 N–H and O–H groups in total. The average Bonchev–Trinajstić information content (AvgIpc) is 2.36. The van der Waals surface area contributed by atoms with Gasteiger partial charge >= 0.3 is 0 Å². The van der Waals surface area contributed by atoms with E-state index in [0.717, 1.165) is 25.3 Å². The first-order valence-corrected chi connectivity index (χ1v) is 5.11. The third-order valence-electron chi connectivity index (χ3n) is 2.61. The van der Waals surface area contributed by atoms with Crippen molar-refractivity contribution in [3.63, 3.8) is 0 Å². The van der Waals surface area contributed by atoms with Crippen LogP contribution in [0.5, 0.6) is 0 Å². The Kier molecular flexibility index (Phi) is 4.02. The Labute approximate surface area is 75.4 Å². The van der Waals surface area contributed by atoms with Gasteiger partial charge in [0.1, 0.15) is 0 Å². The fourth-order valence-electron chi connectivity index (χ4n) is 1.74. The Bertz CT molecular complexity index is 125. The maximum absolute atomic E-state index is 9.49. The zero-order valence-electron chi connectivity index (χ0n) is 8.21. The zero-order chi connectivity index (χ0) is 8.97. The van der Waals surface area contributed by atoms with E-state index >= 15 is 0 Å². The fraction of sp³-hybridized carbons (Fsp3) is 1.00. The van der Waals surface area contributed by atoms with E-state index in [2.05, 4.69) is 19.2 Å². The lowest BCUT2D eigenvalue weighted by Gasteiger charge is -2.16. The number of aliphatic hydroxyl groups is 1. The van der Waals surface area contributed by atoms with E-state index < -0.39 is 0 Å². The summed E-state index contributed by atoms with van der Waals surface area (Å²) < 4.78 is 0. The second kappa shape index (κ2) is 4.83. The van der Waals surface area contributed by atoms with Crippen molar-refractivity contribution in [1.82, 2.24) is 5.32 Å². The van der Waals surface area contributed by atoms with Gasteiger partial charge in [0.2, 0.25) is 0 Å². The van der Waals surface area contributed by atoms with E-state index in [9.17, 15) is 5.11 Å². The number of hydrogen-bond donors (Lipinski definition) is 2. The summed E-state index contributed by atoms with van der Waals surface area (Å²) in [4.78, 5) is 0. The van der Waals surface area contributed by atoms with Crippen molar-refractivity contribution in [3.8, 4) is 0 Å². The molecule has 0 radical (unpaired) electrons. The molecule has 2 heteroatoms. The van der Waals surface area contributed by atoms with Gasteiger partial charge in [0, 0.05) is 6.04 Å². The van der Waals surface area contributed by atoms with Crippen LogP contribution in [-0.4, -0.2) is 23.8 Å². The van der Waals surface area contributed by atoms with Crippen LogP contribution < -0.4 is 5.32 Å². The minimum Gasteiger partial charge on any atom is -0.392 e. The molecule has 1 aliphatic carbocycles. The Hall–Kier alpha value is -0.0800. The SMILES string of the molecule is CC(C)CCN[C@@H]1CCC[C@H]1O. The summed E-state index contributed by atoms with van der Waals surface area (Å²) in [6, 6.07) is 0.378. The Balaban J connectivity index is 2.06. The van der Waals surface area contributed by atoms with Crippen LogP contribution in [0.2, 0.25) is 0 Å². The van der Waals surface area contributed by atoms with Crippen LogP contribution in [0.4, 0.5) is 0 Å². The molecule has 0 heterocycles. The van der Waals surface area contributed by atoms with E-state index in [-0.39, 0.29) is 6.10 Å². The lowest BCUT2D eigenvalue weighted by atomic mass is 10.1. The molecule has 0 unspecified atom stereocenters. The topological polar surface area (TPSA) is 32.3 Å². The van der Waals surface area contributed by atoms with Gasteiger partial charge in [-0.2, -0.15) is 0 Å². The molecular formula is C10H21NO. The first-order valence-electron chi connectivity index (χ1n) is 5.11. The molecule has 0 aromatic heterocycles. The molecule has 2 atom stereocenters. The van der Waals surface area contributed by atoms with Crippen molar-refractivity contribution in [2.24, 2.45) is 5.92 Å². The summed E-state index contributed by atoms with van der Waals surface area (Å²) in [5, 5.41) is 12.9. The summed E-state index contributed by atoms with van der Waals surface area (Å²) in [5.74, 6) is 0.760. The van der Waals surface area contributed by atoms with Crippen LogP contribution in [0, 0.1) is 5.92 Å². The van der Waals surface area contributed by atoms with Crippen LogP contribution in [0.1, 0.15) is 39.5 Å². The van der Waals surface area contributed by atoms with E-state index in [4.69, 9.17) is 0 Å². The number of hydrogen-bond acceptors (Lipinski definition) is 2. The van der Waals surface area contributed by atoms with Gasteiger partial charge in [-0.05, 0) is 38.1 Å². The first-order chi connectivity index (χ1) is 5.70. The number of nitrogens with one attached hydrogen (secondary N) is 1. The quantitative estimate of drug-likeness (QED) is 0.672. The average molecular weight is 171 g/mol. The van der Waals surface area contributed by atoms with Gasteiger partial charge in [0.15, 0.2) is 0 Å². The molecule has 0 aliphatic heterocycles. The fourth-order valence-corrected chi connectivity index (χ4v) is 1.74. The molecule has 72 valence electrons. The zero-order valence-corrected chi connectivity index (χ0v) is 8.21. The summed E-state index contributed by atoms with van der Waals surface area (Å²) in [6.07, 6.45) is 4.44. The molecule has 1 saturated carbocycles. The largest absolute Gasteiger partial charge is 0.392 e. The third-order valence-corrected chi connectivity index (χ3v) is 2.61. The van der Waals surface area contributed by atoms with Crippen LogP contribution >= 0.6 is 0 Å². The van der Waals surface area contributed by atoms with Gasteiger partial charge in [0.25, 0.3) is 0 Å². The molecule has 0 spiro atoms. The van der Waals surface area contributed by atoms with Crippen LogP contribution in [0.3, 0.4) is 0 Å². The molecule has 1 fully saturated rings. The summed E-state index contributed by atoms with van der Waals surface area (Å²) >= 11 is 0. The highest BCUT2D eigenvalue weighted by Gasteiger charge is 2.23. The van der Waals surface area contributed by atoms with E-state index in [1.807, 2.05) is 0 Å². The minimum absolute atomic E-state index is 0.0860. The normalized spacial score (nSPS) is 30.0. The summed E-state index contributed by atoms with van der Waals surface area (Å²) in [5.41, 5.74) is 0. The number of rotatable bonds is 4. The predicted octanol–water partition coefficient (Wildman–Crippen LogP) is 1.54. The maximum Gasteiger partial charge on any atom is 0.0693 e. The van der Waals surface area contributed by atoms with E-state index in [0.29, 0.717) is 6.04 Å². The molecule has 1 rings (SSSR count). The summed E-state index contributed by atoms with van der Waals surface area (Å²) in [7, 11) is 0. The second-order valence-electron chi connectivity index (χ2n) is 4.24. The predicted molar refractivity (Wildman–Crippen MR) is 51.1 cm³/mol. The van der Waals surface area contributed by atoms with Crippen LogP contribution in [0.25, 0.3) is 0 Å². The van der Waals surface area contributed by atoms with Crippen molar-refractivity contribution in [3.05, 3.63) is 0 Å². The molecular weight excluding hydrogens is 150 g/mol. The van der Waals surface area contributed by atoms with Crippen molar-refractivity contribution in [1.29, 1.82) is 0 Å². The highest BCUT2D eigenvalue weighted by molar-refractivity contribution is 4.82. The monoisotopic (exact) mass is 171 g/mol. The van der Waals surface area contributed by atoms with Gasteiger partial charge in [-0.15, -0.1) is 0 Å². The Morgan fingerprint density at radius 2 is 2.17 bits per heavy atom. The van der Waals surface area contributed by atoms with E-state index in [1.165, 1.54) is 12.8 Å². The third kappa shape index (κ3) is 3.11. The van der Waals surface area contributed by atoms with Gasteiger partial charge in [-0.1, -0.05) is 13.8 Å². The van der Waals surface area contributed by atoms with Crippen molar-refractivity contribution >= 4 is 0 Å². The Morgan fingerprint density at radius 1 is 1.42 bits per heavy atom. The van der Waals surface area contributed by atoms with Crippen molar-refractivity contribution < 1.29 is 5.11 Å². The molecule has 12 heavy (non-hydrogen) atoms. The standard InChI is InChI=1S/C10H21NO/c1-8(2)6-7-11-9-4-3-5-10(9)12/h8-12H,3-7H2,1-2H3/t9-,10-/m1/s1. The molecule has 2 nitrogen and oxygen atoms in total. The molecule has 1 aliphatic rings. The summed E-state index contributed by atoms with van der Waals surface area (Å²) in [6.45, 7) is 5.51. The smallest absolute Gasteiger partial charge is 0.0693 e. The van der Waals surface area contributed by atoms with Gasteiger partial charge in [-0.3, -0.25) is 0 Å². The molecule has 0 aromatic carbocycles. The van der Waals surface area contributed by atoms with Crippen molar-refractivity contribution in [2.75, 3.05) is 6.54 Å². The van der Waals surface area contributed by atoms with Crippen molar-refractivity contribution in [2.45, 2.75) is 51.7 Å². The lowest BCUT2D eigenvalue weighted by molar-refractivity contribution is 0.148. The van der Waals surface area contributed by atoms with Gasteiger partial charge < -0.3 is 10.4 Å². The molecule has 0 amide bonds. The Morgan fingerprint density at radius 3 is 2.67 bits per heavy atom. The molecule has 0 saturated heterocycles. The highest BCUT2D eigenvalue weighted by atomic mass is 16.3. The lowest BCUT2D eigenvalue weighted by Crippen LogP contribution is -2.36. The first kappa shape index (κ1) is 10.0. The molecule has 0 bridgehead atoms. The molecule has 0 aromatic rings. The van der Waals surface area contributed by atoms with Gasteiger partial charge in [-0.25, -0.2) is 0 Å². The van der Waals surface area contributed by atoms with Gasteiger partial charge in [0.05, 0.1) is 6.10 Å². The van der Waals surface area contributed by atoms with E-state index in [1.54, 1.807) is 0 Å². The second-order valence-corrected chi connectivity index (χ2v) is 4.24.